The van der Waals surface area contributed by atoms with E-state index in [4.69, 9.17) is 49.7 Å². The molecule has 0 radical (unpaired) electrons. The quantitative estimate of drug-likeness (QED) is 0.159. The maximum atomic E-state index is 5.05. The molecule has 4 aromatic rings. The molecule has 0 atom stereocenters. The van der Waals surface area contributed by atoms with E-state index in [0.717, 1.165) is 22.3 Å². The minimum atomic E-state index is -0.388. The van der Waals surface area contributed by atoms with E-state index in [9.17, 15) is 0 Å². The zero-order valence-corrected chi connectivity index (χ0v) is 25.6. The average molecular weight is 569 g/mol. The van der Waals surface area contributed by atoms with E-state index < -0.39 is 0 Å². The summed E-state index contributed by atoms with van der Waals surface area (Å²) in [6.07, 6.45) is 0. The van der Waals surface area contributed by atoms with Crippen molar-refractivity contribution in [2.45, 2.75) is 24.9 Å². The van der Waals surface area contributed by atoms with Crippen molar-refractivity contribution in [1.82, 2.24) is 10.6 Å². The third-order valence-electron chi connectivity index (χ3n) is 6.11. The van der Waals surface area contributed by atoms with Crippen LogP contribution in [0.1, 0.15) is 36.1 Å². The molecule has 0 bridgehead atoms. The number of rotatable bonds is 6. The normalized spacial score (nSPS) is 10.6. The van der Waals surface area contributed by atoms with Gasteiger partial charge in [0.1, 0.15) is 0 Å². The summed E-state index contributed by atoms with van der Waals surface area (Å²) in [5.41, 5.74) is 3.79. The van der Waals surface area contributed by atoms with Gasteiger partial charge in [-0.2, -0.15) is 0 Å². The van der Waals surface area contributed by atoms with Crippen molar-refractivity contribution in [2.75, 3.05) is 0 Å². The van der Waals surface area contributed by atoms with Crippen molar-refractivity contribution in [3.05, 3.63) is 144 Å². The van der Waals surface area contributed by atoms with Gasteiger partial charge in [0, 0.05) is 0 Å². The van der Waals surface area contributed by atoms with E-state index in [1.807, 2.05) is 72.8 Å². The number of thiocarbonyl (C=S) groups is 2. The van der Waals surface area contributed by atoms with Gasteiger partial charge in [-0.3, -0.25) is 0 Å². The Kier molecular flexibility index (Phi) is 12.4. The fourth-order valence-corrected chi connectivity index (χ4v) is 4.93. The fourth-order valence-electron chi connectivity index (χ4n) is 4.12. The van der Waals surface area contributed by atoms with Crippen LogP contribution in [0.15, 0.2) is 121 Å². The molecule has 0 amide bonds. The van der Waals surface area contributed by atoms with Crippen LogP contribution in [0.2, 0.25) is 0 Å². The monoisotopic (exact) mass is 568 g/mol. The van der Waals surface area contributed by atoms with Crippen LogP contribution in [0.25, 0.3) is 0 Å². The molecule has 184 valence electrons. The van der Waals surface area contributed by atoms with Gasteiger partial charge >= 0.3 is 23.1 Å². The molecule has 0 fully saturated rings. The Morgan fingerprint density at radius 2 is 0.676 bits per heavy atom. The van der Waals surface area contributed by atoms with Crippen molar-refractivity contribution in [3.8, 4) is 0 Å². The van der Waals surface area contributed by atoms with Crippen LogP contribution in [0.4, 0.5) is 0 Å². The smallest absolute Gasteiger partial charge is 0.412 e. The summed E-state index contributed by atoms with van der Waals surface area (Å²) in [4.78, 5) is 0. The van der Waals surface area contributed by atoms with Crippen LogP contribution in [0.5, 0.6) is 0 Å². The first-order chi connectivity index (χ1) is 17.3. The maximum absolute atomic E-state index is 5.05. The number of hydrogen-bond donors (Lipinski definition) is 2. The molecular formula is C30H28MgN2S4. The first-order valence-corrected chi connectivity index (χ1v) is 13.1. The zero-order valence-electron chi connectivity index (χ0n) is 20.9. The molecule has 0 aromatic heterocycles. The van der Waals surface area contributed by atoms with E-state index in [0.29, 0.717) is 8.64 Å². The zero-order chi connectivity index (χ0) is 26.0. The van der Waals surface area contributed by atoms with E-state index in [-0.39, 0.29) is 34.1 Å². The summed E-state index contributed by atoms with van der Waals surface area (Å²) in [6.45, 7) is 4.19. The largest absolute Gasteiger partial charge is 2.00 e. The molecule has 4 rings (SSSR count). The van der Waals surface area contributed by atoms with Gasteiger partial charge in [0.2, 0.25) is 0 Å². The van der Waals surface area contributed by atoms with E-state index in [1.54, 1.807) is 0 Å². The van der Waals surface area contributed by atoms with Crippen LogP contribution >= 0.6 is 24.4 Å². The van der Waals surface area contributed by atoms with Gasteiger partial charge in [0.25, 0.3) is 0 Å². The molecule has 4 aromatic carbocycles. The summed E-state index contributed by atoms with van der Waals surface area (Å²) in [6, 6.07) is 40.8. The first-order valence-electron chi connectivity index (χ1n) is 11.5. The van der Waals surface area contributed by atoms with Gasteiger partial charge in [-0.15, -0.1) is 0 Å². The summed E-state index contributed by atoms with van der Waals surface area (Å²) >= 11 is 20.2. The minimum absolute atomic E-state index is 0. The number of hydrogen-bond acceptors (Lipinski definition) is 4. The standard InChI is InChI=1S/2C15H15NS2.Mg/c2*1-15(16-14(17)18,12-8-4-2-5-9-12)13-10-6-3-7-11-13;/h2*2-11H,1H3,(H2,16,17,18);/q;;+2/p-2. The number of nitrogens with one attached hydrogen (secondary N) is 2. The summed E-state index contributed by atoms with van der Waals surface area (Å²) < 4.78 is 0.760. The molecule has 37 heavy (non-hydrogen) atoms. The van der Waals surface area contributed by atoms with Gasteiger partial charge in [0.05, 0.1) is 11.1 Å². The third-order valence-corrected chi connectivity index (χ3v) is 6.52. The second-order valence-corrected chi connectivity index (χ2v) is 10.7. The van der Waals surface area contributed by atoms with Gasteiger partial charge < -0.3 is 60.3 Å². The Bertz CT molecular complexity index is 1070. The Balaban J connectivity index is 0.000000253. The predicted molar refractivity (Wildman–Crippen MR) is 171 cm³/mol. The van der Waals surface area contributed by atoms with Gasteiger partial charge in [-0.25, -0.2) is 0 Å². The van der Waals surface area contributed by atoms with Gasteiger partial charge in [0.15, 0.2) is 0 Å². The van der Waals surface area contributed by atoms with Crippen LogP contribution in [0.3, 0.4) is 0 Å². The average Bonchev–Trinajstić information content (AvgIpc) is 2.90. The third kappa shape index (κ3) is 8.43. The predicted octanol–water partition coefficient (Wildman–Crippen LogP) is 6.36. The second-order valence-electron chi connectivity index (χ2n) is 8.54. The molecule has 0 saturated carbocycles. The van der Waals surface area contributed by atoms with Crippen LogP contribution < -0.4 is 10.6 Å². The Morgan fingerprint density at radius 1 is 0.486 bits per heavy atom. The van der Waals surface area contributed by atoms with Crippen molar-refractivity contribution in [3.63, 3.8) is 0 Å². The molecule has 0 saturated heterocycles. The first kappa shape index (κ1) is 31.1. The molecule has 7 heteroatoms. The minimum Gasteiger partial charge on any atom is -0.412 e. The topological polar surface area (TPSA) is 24.1 Å². The van der Waals surface area contributed by atoms with E-state index in [2.05, 4.69) is 73.0 Å². The Morgan fingerprint density at radius 3 is 0.838 bits per heavy atom. The van der Waals surface area contributed by atoms with Crippen molar-refractivity contribution < 1.29 is 0 Å². The molecule has 0 aliphatic carbocycles. The van der Waals surface area contributed by atoms with Crippen molar-refractivity contribution >= 4 is 81.4 Å². The molecule has 2 N–H and O–H groups in total. The Hall–Kier alpha value is -2.13. The van der Waals surface area contributed by atoms with Crippen molar-refractivity contribution in [1.29, 1.82) is 0 Å². The summed E-state index contributed by atoms with van der Waals surface area (Å²) in [5, 5.41) is 6.47. The molecule has 0 unspecified atom stereocenters. The van der Waals surface area contributed by atoms with Crippen LogP contribution in [-0.2, 0) is 36.3 Å². The van der Waals surface area contributed by atoms with Gasteiger partial charge in [-0.1, -0.05) is 130 Å². The molecule has 0 heterocycles. The molecular weight excluding hydrogens is 541 g/mol. The summed E-state index contributed by atoms with van der Waals surface area (Å²) in [5.74, 6) is 0. The maximum Gasteiger partial charge on any atom is 2.00 e. The molecule has 0 spiro atoms. The van der Waals surface area contributed by atoms with Gasteiger partial charge in [-0.05, 0) is 36.1 Å². The van der Waals surface area contributed by atoms with Crippen molar-refractivity contribution in [2.24, 2.45) is 0 Å². The van der Waals surface area contributed by atoms with Crippen LogP contribution in [-0.4, -0.2) is 31.7 Å². The van der Waals surface area contributed by atoms with E-state index in [1.165, 1.54) is 0 Å². The Labute approximate surface area is 258 Å². The fraction of sp³-hybridized carbons (Fsp3) is 0.133. The molecule has 0 aliphatic rings. The number of benzene rings is 4. The SMILES string of the molecule is CC(NC(=S)[S-])(c1ccccc1)c1ccccc1.CC(NC(=S)[S-])(c1ccccc1)c1ccccc1.[Mg+2]. The molecule has 0 aliphatic heterocycles. The van der Waals surface area contributed by atoms with Crippen LogP contribution in [0, 0.1) is 0 Å². The van der Waals surface area contributed by atoms with E-state index >= 15 is 0 Å². The summed E-state index contributed by atoms with van der Waals surface area (Å²) in [7, 11) is 0. The molecule has 2 nitrogen and oxygen atoms in total. The second kappa shape index (κ2) is 14.7.